The molecule has 1 aromatic heterocycles. The van der Waals surface area contributed by atoms with E-state index in [1.54, 1.807) is 20.3 Å². The first-order valence-electron chi connectivity index (χ1n) is 7.36. The number of aliphatic imine (C=N–C) groups is 1. The second kappa shape index (κ2) is 11.9. The molecule has 0 aliphatic carbocycles. The molecule has 0 aromatic carbocycles. The number of aromatic nitrogens is 1. The molecule has 23 heavy (non-hydrogen) atoms. The van der Waals surface area contributed by atoms with Gasteiger partial charge in [-0.15, -0.1) is 24.0 Å². The summed E-state index contributed by atoms with van der Waals surface area (Å²) in [4.78, 5) is 21.7. The fourth-order valence-corrected chi connectivity index (χ4v) is 1.61. The van der Waals surface area contributed by atoms with Crippen molar-refractivity contribution in [3.05, 3.63) is 23.9 Å². The zero-order valence-electron chi connectivity index (χ0n) is 14.1. The number of hydrogen-bond donors (Lipinski definition) is 2. The van der Waals surface area contributed by atoms with Gasteiger partial charge in [0, 0.05) is 32.9 Å². The van der Waals surface area contributed by atoms with E-state index in [0.29, 0.717) is 25.0 Å². The van der Waals surface area contributed by atoms with Gasteiger partial charge in [-0.25, -0.2) is 9.98 Å². The van der Waals surface area contributed by atoms with E-state index in [-0.39, 0.29) is 36.4 Å². The van der Waals surface area contributed by atoms with Crippen molar-refractivity contribution in [2.24, 2.45) is 4.99 Å². The Kier molecular flexibility index (Phi) is 11.1. The minimum absolute atomic E-state index is 0. The minimum Gasteiger partial charge on any atom is -0.478 e. The molecule has 0 radical (unpaired) electrons. The summed E-state index contributed by atoms with van der Waals surface area (Å²) in [5.41, 5.74) is 0.995. The molecule has 0 atom stereocenters. The quantitative estimate of drug-likeness (QED) is 0.383. The lowest BCUT2D eigenvalue weighted by molar-refractivity contribution is -0.127. The first-order valence-corrected chi connectivity index (χ1v) is 7.36. The molecule has 0 unspecified atom stereocenters. The third-order valence-corrected chi connectivity index (χ3v) is 2.76. The van der Waals surface area contributed by atoms with Crippen LogP contribution < -0.4 is 15.4 Å². The fraction of sp³-hybridized carbons (Fsp3) is 0.533. The molecule has 1 heterocycles. The standard InChI is InChI=1S/C15H25N5O2.HI/c1-5-16-15(19-11-14(21)20(3)4)18-10-12-7-8-17-13(9-12)22-6-2;/h7-9H,5-6,10-11H2,1-4H3,(H2,16,18,19);1H. The monoisotopic (exact) mass is 435 g/mol. The van der Waals surface area contributed by atoms with Gasteiger partial charge in [0.1, 0.15) is 0 Å². The van der Waals surface area contributed by atoms with E-state index < -0.39 is 0 Å². The van der Waals surface area contributed by atoms with Crippen LogP contribution in [0.25, 0.3) is 0 Å². The Labute approximate surface area is 154 Å². The number of halogens is 1. The van der Waals surface area contributed by atoms with Gasteiger partial charge in [0.15, 0.2) is 5.96 Å². The van der Waals surface area contributed by atoms with E-state index >= 15 is 0 Å². The SMILES string of the molecule is CCNC(=NCc1ccnc(OCC)c1)NCC(=O)N(C)C.I. The Morgan fingerprint density at radius 3 is 2.70 bits per heavy atom. The van der Waals surface area contributed by atoms with E-state index in [1.165, 1.54) is 4.90 Å². The number of amides is 1. The molecule has 0 aliphatic rings. The summed E-state index contributed by atoms with van der Waals surface area (Å²) in [6, 6.07) is 3.75. The number of ether oxygens (including phenoxy) is 1. The summed E-state index contributed by atoms with van der Waals surface area (Å²) >= 11 is 0. The second-order valence-corrected chi connectivity index (χ2v) is 4.77. The number of carbonyl (C=O) groups excluding carboxylic acids is 1. The van der Waals surface area contributed by atoms with E-state index in [2.05, 4.69) is 20.6 Å². The molecule has 1 aromatic rings. The molecule has 7 nitrogen and oxygen atoms in total. The Morgan fingerprint density at radius 2 is 2.09 bits per heavy atom. The van der Waals surface area contributed by atoms with E-state index in [0.717, 1.165) is 12.1 Å². The van der Waals surface area contributed by atoms with Crippen molar-refractivity contribution in [3.63, 3.8) is 0 Å². The van der Waals surface area contributed by atoms with Gasteiger partial charge in [0.2, 0.25) is 11.8 Å². The van der Waals surface area contributed by atoms with Crippen LogP contribution in [0.15, 0.2) is 23.3 Å². The molecule has 0 fully saturated rings. The number of pyridine rings is 1. The van der Waals surface area contributed by atoms with Crippen LogP contribution in [0.3, 0.4) is 0 Å². The van der Waals surface area contributed by atoms with Gasteiger partial charge < -0.3 is 20.3 Å². The van der Waals surface area contributed by atoms with Gasteiger partial charge in [0.05, 0.1) is 19.7 Å². The van der Waals surface area contributed by atoms with Crippen molar-refractivity contribution in [2.75, 3.05) is 33.8 Å². The van der Waals surface area contributed by atoms with Crippen LogP contribution in [0.1, 0.15) is 19.4 Å². The topological polar surface area (TPSA) is 78.9 Å². The van der Waals surface area contributed by atoms with Crippen molar-refractivity contribution < 1.29 is 9.53 Å². The Hall–Kier alpha value is -1.58. The van der Waals surface area contributed by atoms with E-state index in [4.69, 9.17) is 4.74 Å². The largest absolute Gasteiger partial charge is 0.478 e. The third-order valence-electron chi connectivity index (χ3n) is 2.76. The molecule has 1 rings (SSSR count). The first-order chi connectivity index (χ1) is 10.6. The Balaban J connectivity index is 0.00000484. The summed E-state index contributed by atoms with van der Waals surface area (Å²) in [5.74, 6) is 1.19. The van der Waals surface area contributed by atoms with Crippen LogP contribution in [0, 0.1) is 0 Å². The average molecular weight is 435 g/mol. The summed E-state index contributed by atoms with van der Waals surface area (Å²) < 4.78 is 5.37. The number of rotatable bonds is 7. The van der Waals surface area contributed by atoms with Crippen LogP contribution in [-0.4, -0.2) is 55.5 Å². The van der Waals surface area contributed by atoms with Crippen molar-refractivity contribution in [1.82, 2.24) is 20.5 Å². The van der Waals surface area contributed by atoms with E-state index in [9.17, 15) is 4.79 Å². The highest BCUT2D eigenvalue weighted by molar-refractivity contribution is 14.0. The molecule has 0 aliphatic heterocycles. The van der Waals surface area contributed by atoms with Gasteiger partial charge in [-0.05, 0) is 25.5 Å². The maximum atomic E-state index is 11.6. The van der Waals surface area contributed by atoms with Crippen LogP contribution in [0.5, 0.6) is 5.88 Å². The van der Waals surface area contributed by atoms with Crippen LogP contribution in [0.4, 0.5) is 0 Å². The molecular formula is C15H26IN5O2. The fourth-order valence-electron chi connectivity index (χ4n) is 1.61. The summed E-state index contributed by atoms with van der Waals surface area (Å²) in [6.07, 6.45) is 1.70. The predicted molar refractivity (Wildman–Crippen MR) is 102 cm³/mol. The number of hydrogen-bond acceptors (Lipinski definition) is 4. The number of likely N-dealkylation sites (N-methyl/N-ethyl adjacent to an activating group) is 1. The molecule has 8 heteroatoms. The van der Waals surface area contributed by atoms with Crippen LogP contribution in [0.2, 0.25) is 0 Å². The lowest BCUT2D eigenvalue weighted by atomic mass is 10.3. The van der Waals surface area contributed by atoms with Crippen molar-refractivity contribution in [1.29, 1.82) is 0 Å². The maximum Gasteiger partial charge on any atom is 0.241 e. The van der Waals surface area contributed by atoms with Gasteiger partial charge in [-0.1, -0.05) is 0 Å². The van der Waals surface area contributed by atoms with Gasteiger partial charge in [-0.2, -0.15) is 0 Å². The van der Waals surface area contributed by atoms with Gasteiger partial charge in [-0.3, -0.25) is 4.79 Å². The molecule has 130 valence electrons. The number of nitrogens with one attached hydrogen (secondary N) is 2. The smallest absolute Gasteiger partial charge is 0.241 e. The number of guanidine groups is 1. The molecule has 0 saturated carbocycles. The second-order valence-electron chi connectivity index (χ2n) is 4.77. The van der Waals surface area contributed by atoms with Gasteiger partial charge in [0.25, 0.3) is 0 Å². The average Bonchev–Trinajstić information content (AvgIpc) is 2.50. The molecule has 2 N–H and O–H groups in total. The zero-order valence-corrected chi connectivity index (χ0v) is 16.5. The molecule has 0 saturated heterocycles. The highest BCUT2D eigenvalue weighted by Crippen LogP contribution is 2.10. The lowest BCUT2D eigenvalue weighted by Gasteiger charge is -2.14. The highest BCUT2D eigenvalue weighted by Gasteiger charge is 2.05. The first kappa shape index (κ1) is 21.4. The Morgan fingerprint density at radius 1 is 1.35 bits per heavy atom. The summed E-state index contributed by atoms with van der Waals surface area (Å²) in [5, 5.41) is 6.12. The van der Waals surface area contributed by atoms with Crippen molar-refractivity contribution in [2.45, 2.75) is 20.4 Å². The zero-order chi connectivity index (χ0) is 16.4. The minimum atomic E-state index is -0.00635. The van der Waals surface area contributed by atoms with Crippen LogP contribution in [-0.2, 0) is 11.3 Å². The van der Waals surface area contributed by atoms with Crippen molar-refractivity contribution in [3.8, 4) is 5.88 Å². The molecular weight excluding hydrogens is 409 g/mol. The Bertz CT molecular complexity index is 508. The molecule has 0 bridgehead atoms. The third kappa shape index (κ3) is 8.58. The molecule has 0 spiro atoms. The van der Waals surface area contributed by atoms with Crippen LogP contribution >= 0.6 is 24.0 Å². The van der Waals surface area contributed by atoms with Gasteiger partial charge >= 0.3 is 0 Å². The van der Waals surface area contributed by atoms with Crippen molar-refractivity contribution >= 4 is 35.8 Å². The summed E-state index contributed by atoms with van der Waals surface area (Å²) in [7, 11) is 3.45. The number of carbonyl (C=O) groups is 1. The number of nitrogens with zero attached hydrogens (tertiary/aromatic N) is 3. The highest BCUT2D eigenvalue weighted by atomic mass is 127. The lowest BCUT2D eigenvalue weighted by Crippen LogP contribution is -2.42. The predicted octanol–water partition coefficient (Wildman–Crippen LogP) is 1.24. The maximum absolute atomic E-state index is 11.6. The van der Waals surface area contributed by atoms with E-state index in [1.807, 2.05) is 26.0 Å². The normalized spacial score (nSPS) is 10.5. The summed E-state index contributed by atoms with van der Waals surface area (Å²) in [6.45, 7) is 5.89. The molecule has 1 amide bonds.